The second-order valence-electron chi connectivity index (χ2n) is 4.18. The zero-order valence-corrected chi connectivity index (χ0v) is 11.3. The zero-order chi connectivity index (χ0) is 14.8. The third-order valence-electron chi connectivity index (χ3n) is 2.81. The molecule has 8 heteroatoms. The van der Waals surface area contributed by atoms with Crippen LogP contribution < -0.4 is 0 Å². The van der Waals surface area contributed by atoms with E-state index in [0.717, 1.165) is 5.56 Å². The van der Waals surface area contributed by atoms with E-state index >= 15 is 0 Å². The van der Waals surface area contributed by atoms with E-state index in [-0.39, 0.29) is 5.69 Å². The second kappa shape index (κ2) is 5.29. The molecule has 1 aromatic heterocycles. The van der Waals surface area contributed by atoms with Gasteiger partial charge < -0.3 is 0 Å². The topological polar surface area (TPSA) is 86.7 Å². The number of benzene rings is 2. The highest BCUT2D eigenvalue weighted by atomic mass is 35.5. The maximum Gasteiger partial charge on any atom is 0.269 e. The smallest absolute Gasteiger partial charge is 0.258 e. The van der Waals surface area contributed by atoms with Crippen molar-refractivity contribution in [3.8, 4) is 17.1 Å². The lowest BCUT2D eigenvalue weighted by atomic mass is 10.2. The summed E-state index contributed by atoms with van der Waals surface area (Å²) in [7, 11) is 0. The highest BCUT2D eigenvalue weighted by molar-refractivity contribution is 6.30. The summed E-state index contributed by atoms with van der Waals surface area (Å²) in [5.74, 6) is 0.449. The fraction of sp³-hybridized carbons (Fsp3) is 0. The third kappa shape index (κ3) is 2.72. The summed E-state index contributed by atoms with van der Waals surface area (Å²) >= 11 is 5.82. The normalized spacial score (nSPS) is 10.5. The Morgan fingerprint density at radius 1 is 1.05 bits per heavy atom. The molecule has 0 aliphatic carbocycles. The van der Waals surface area contributed by atoms with Crippen molar-refractivity contribution in [2.45, 2.75) is 0 Å². The van der Waals surface area contributed by atoms with Crippen LogP contribution in [0.25, 0.3) is 17.1 Å². The van der Waals surface area contributed by atoms with Gasteiger partial charge in [0.2, 0.25) is 5.82 Å². The van der Waals surface area contributed by atoms with E-state index in [9.17, 15) is 10.1 Å². The number of nitrogens with zero attached hydrogens (tertiary/aromatic N) is 5. The van der Waals surface area contributed by atoms with Gasteiger partial charge in [-0.1, -0.05) is 11.6 Å². The molecule has 0 bridgehead atoms. The lowest BCUT2D eigenvalue weighted by Crippen LogP contribution is -1.99. The van der Waals surface area contributed by atoms with Crippen LogP contribution in [0.2, 0.25) is 5.02 Å². The van der Waals surface area contributed by atoms with Crippen LogP contribution in [0, 0.1) is 10.1 Å². The first kappa shape index (κ1) is 13.2. The minimum absolute atomic E-state index is 0.0109. The van der Waals surface area contributed by atoms with Crippen LogP contribution in [0.4, 0.5) is 5.69 Å². The molecule has 0 aliphatic heterocycles. The average Bonchev–Trinajstić information content (AvgIpc) is 2.98. The van der Waals surface area contributed by atoms with E-state index < -0.39 is 4.92 Å². The number of hydrogen-bond donors (Lipinski definition) is 0. The van der Waals surface area contributed by atoms with Gasteiger partial charge >= 0.3 is 0 Å². The SMILES string of the molecule is O=[N+]([O-])c1ccc(-n2nnc(-c3ccc(Cl)cc3)n2)cc1. The number of aromatic nitrogens is 4. The molecule has 3 aromatic rings. The van der Waals surface area contributed by atoms with Gasteiger partial charge in [-0.2, -0.15) is 0 Å². The number of non-ortho nitro benzene ring substituents is 1. The Labute approximate surface area is 123 Å². The molecule has 3 rings (SSSR count). The maximum atomic E-state index is 10.6. The van der Waals surface area contributed by atoms with Crippen LogP contribution in [0.1, 0.15) is 0 Å². The molecule has 0 saturated heterocycles. The molecule has 2 aromatic carbocycles. The number of rotatable bonds is 3. The van der Waals surface area contributed by atoms with Crippen molar-refractivity contribution >= 4 is 17.3 Å². The van der Waals surface area contributed by atoms with E-state index in [1.807, 2.05) is 0 Å². The molecule has 0 amide bonds. The van der Waals surface area contributed by atoms with E-state index in [2.05, 4.69) is 15.4 Å². The number of halogens is 1. The quantitative estimate of drug-likeness (QED) is 0.548. The monoisotopic (exact) mass is 301 g/mol. The standard InChI is InChI=1S/C13H8ClN5O2/c14-10-3-1-9(2-4-10)13-15-17-18(16-13)11-5-7-12(8-6-11)19(20)21/h1-8H. The summed E-state index contributed by atoms with van der Waals surface area (Å²) < 4.78 is 0. The van der Waals surface area contributed by atoms with Crippen molar-refractivity contribution in [3.63, 3.8) is 0 Å². The predicted molar refractivity (Wildman–Crippen MR) is 76.3 cm³/mol. The first-order valence-electron chi connectivity index (χ1n) is 5.94. The third-order valence-corrected chi connectivity index (χ3v) is 3.06. The molecule has 21 heavy (non-hydrogen) atoms. The summed E-state index contributed by atoms with van der Waals surface area (Å²) in [4.78, 5) is 11.5. The van der Waals surface area contributed by atoms with Crippen LogP contribution in [0.5, 0.6) is 0 Å². The average molecular weight is 302 g/mol. The molecule has 0 radical (unpaired) electrons. The summed E-state index contributed by atoms with van der Waals surface area (Å²) in [5.41, 5.74) is 1.39. The molecule has 0 N–H and O–H groups in total. The van der Waals surface area contributed by atoms with Gasteiger partial charge in [0, 0.05) is 22.7 Å². The minimum atomic E-state index is -0.461. The van der Waals surface area contributed by atoms with E-state index in [4.69, 9.17) is 11.6 Å². The van der Waals surface area contributed by atoms with E-state index in [1.54, 1.807) is 36.4 Å². The Hall–Kier alpha value is -2.80. The number of nitro groups is 1. The van der Waals surface area contributed by atoms with E-state index in [1.165, 1.54) is 16.9 Å². The molecular weight excluding hydrogens is 294 g/mol. The molecule has 0 atom stereocenters. The summed E-state index contributed by atoms with van der Waals surface area (Å²) in [6.07, 6.45) is 0. The summed E-state index contributed by atoms with van der Waals surface area (Å²) in [6, 6.07) is 13.0. The molecule has 104 valence electrons. The maximum absolute atomic E-state index is 10.6. The molecule has 7 nitrogen and oxygen atoms in total. The molecule has 0 unspecified atom stereocenters. The highest BCUT2D eigenvalue weighted by Crippen LogP contribution is 2.18. The van der Waals surface area contributed by atoms with Gasteiger partial charge in [-0.25, -0.2) is 0 Å². The van der Waals surface area contributed by atoms with Gasteiger partial charge in [0.05, 0.1) is 10.6 Å². The van der Waals surface area contributed by atoms with Crippen molar-refractivity contribution in [2.24, 2.45) is 0 Å². The van der Waals surface area contributed by atoms with Gasteiger partial charge in [-0.3, -0.25) is 10.1 Å². The molecule has 0 saturated carbocycles. The van der Waals surface area contributed by atoms with Crippen molar-refractivity contribution in [1.82, 2.24) is 20.2 Å². The van der Waals surface area contributed by atoms with Crippen molar-refractivity contribution in [1.29, 1.82) is 0 Å². The van der Waals surface area contributed by atoms with Gasteiger partial charge in [0.15, 0.2) is 0 Å². The van der Waals surface area contributed by atoms with Crippen LogP contribution >= 0.6 is 11.6 Å². The van der Waals surface area contributed by atoms with Gasteiger partial charge in [0.1, 0.15) is 0 Å². The van der Waals surface area contributed by atoms with Gasteiger partial charge in [-0.15, -0.1) is 15.0 Å². The number of tetrazole rings is 1. The summed E-state index contributed by atoms with van der Waals surface area (Å²) in [5, 5.41) is 23.4. The van der Waals surface area contributed by atoms with E-state index in [0.29, 0.717) is 16.5 Å². The molecule has 0 spiro atoms. The minimum Gasteiger partial charge on any atom is -0.258 e. The van der Waals surface area contributed by atoms with Crippen LogP contribution in [-0.2, 0) is 0 Å². The fourth-order valence-corrected chi connectivity index (χ4v) is 1.87. The van der Waals surface area contributed by atoms with Crippen LogP contribution in [0.15, 0.2) is 48.5 Å². The largest absolute Gasteiger partial charge is 0.269 e. The Morgan fingerprint density at radius 3 is 2.33 bits per heavy atom. The Bertz CT molecular complexity index is 783. The van der Waals surface area contributed by atoms with Crippen LogP contribution in [0.3, 0.4) is 0 Å². The zero-order valence-electron chi connectivity index (χ0n) is 10.5. The Morgan fingerprint density at radius 2 is 1.71 bits per heavy atom. The first-order chi connectivity index (χ1) is 10.1. The molecule has 0 fully saturated rings. The molecule has 1 heterocycles. The number of hydrogen-bond acceptors (Lipinski definition) is 5. The van der Waals surface area contributed by atoms with Crippen molar-refractivity contribution in [2.75, 3.05) is 0 Å². The summed E-state index contributed by atoms with van der Waals surface area (Å²) in [6.45, 7) is 0. The van der Waals surface area contributed by atoms with Crippen molar-refractivity contribution in [3.05, 3.63) is 63.7 Å². The Balaban J connectivity index is 1.90. The Kier molecular flexibility index (Phi) is 3.33. The molecular formula is C13H8ClN5O2. The second-order valence-corrected chi connectivity index (χ2v) is 4.62. The fourth-order valence-electron chi connectivity index (χ4n) is 1.75. The van der Waals surface area contributed by atoms with Crippen LogP contribution in [-0.4, -0.2) is 25.1 Å². The molecule has 0 aliphatic rings. The van der Waals surface area contributed by atoms with Crippen molar-refractivity contribution < 1.29 is 4.92 Å². The lowest BCUT2D eigenvalue weighted by Gasteiger charge is -1.97. The first-order valence-corrected chi connectivity index (χ1v) is 6.32. The number of nitro benzene ring substituents is 1. The lowest BCUT2D eigenvalue weighted by molar-refractivity contribution is -0.384. The predicted octanol–water partition coefficient (Wildman–Crippen LogP) is 2.89. The van der Waals surface area contributed by atoms with Gasteiger partial charge in [0.25, 0.3) is 5.69 Å². The highest BCUT2D eigenvalue weighted by Gasteiger charge is 2.09. The van der Waals surface area contributed by atoms with Gasteiger partial charge in [-0.05, 0) is 41.6 Å².